The summed E-state index contributed by atoms with van der Waals surface area (Å²) in [6.45, 7) is 0.581. The summed E-state index contributed by atoms with van der Waals surface area (Å²) in [6.07, 6.45) is 4.44. The van der Waals surface area contributed by atoms with Gasteiger partial charge in [-0.15, -0.1) is 0 Å². The molecule has 0 aliphatic heterocycles. The lowest BCUT2D eigenvalue weighted by molar-refractivity contribution is 0.413. The molecule has 0 saturated heterocycles. The SMILES string of the molecule is Oc1c2c(nn1-c1ccccn1)CCC(NCCc1ccc(F)cc1F)C2. The van der Waals surface area contributed by atoms with Crippen molar-refractivity contribution in [2.24, 2.45) is 0 Å². The number of hydrogen-bond donors (Lipinski definition) is 2. The smallest absolute Gasteiger partial charge is 0.219 e. The summed E-state index contributed by atoms with van der Waals surface area (Å²) < 4.78 is 28.2. The monoisotopic (exact) mass is 370 g/mol. The van der Waals surface area contributed by atoms with E-state index in [4.69, 9.17) is 0 Å². The van der Waals surface area contributed by atoms with Crippen molar-refractivity contribution in [1.29, 1.82) is 0 Å². The van der Waals surface area contributed by atoms with Gasteiger partial charge in [-0.1, -0.05) is 12.1 Å². The number of nitrogens with one attached hydrogen (secondary N) is 1. The fraction of sp³-hybridized carbons (Fsp3) is 0.300. The molecule has 27 heavy (non-hydrogen) atoms. The number of nitrogens with zero attached hydrogens (tertiary/aromatic N) is 3. The molecule has 2 N–H and O–H groups in total. The summed E-state index contributed by atoms with van der Waals surface area (Å²) in [6, 6.07) is 9.30. The second kappa shape index (κ2) is 7.44. The molecule has 0 bridgehead atoms. The van der Waals surface area contributed by atoms with Gasteiger partial charge in [0.25, 0.3) is 0 Å². The Kier molecular flexibility index (Phi) is 4.85. The number of pyridine rings is 1. The average molecular weight is 370 g/mol. The molecule has 5 nitrogen and oxygen atoms in total. The minimum atomic E-state index is -0.565. The Balaban J connectivity index is 1.40. The van der Waals surface area contributed by atoms with E-state index in [2.05, 4.69) is 15.4 Å². The van der Waals surface area contributed by atoms with Crippen molar-refractivity contribution in [3.8, 4) is 11.7 Å². The Morgan fingerprint density at radius 2 is 2.11 bits per heavy atom. The third-order valence-corrected chi connectivity index (χ3v) is 4.93. The highest BCUT2D eigenvalue weighted by Gasteiger charge is 2.26. The van der Waals surface area contributed by atoms with Gasteiger partial charge in [-0.3, -0.25) is 0 Å². The van der Waals surface area contributed by atoms with E-state index in [9.17, 15) is 13.9 Å². The van der Waals surface area contributed by atoms with Crippen LogP contribution >= 0.6 is 0 Å². The van der Waals surface area contributed by atoms with Gasteiger partial charge in [-0.05, 0) is 56.0 Å². The Hall–Kier alpha value is -2.80. The van der Waals surface area contributed by atoms with Gasteiger partial charge >= 0.3 is 0 Å². The summed E-state index contributed by atoms with van der Waals surface area (Å²) in [5.74, 6) is -0.373. The summed E-state index contributed by atoms with van der Waals surface area (Å²) in [7, 11) is 0. The number of fused-ring (bicyclic) bond motifs is 1. The summed E-state index contributed by atoms with van der Waals surface area (Å²) in [4.78, 5) is 4.23. The molecule has 2 heterocycles. The van der Waals surface area contributed by atoms with Gasteiger partial charge in [0, 0.05) is 23.9 Å². The zero-order chi connectivity index (χ0) is 18.8. The predicted molar refractivity (Wildman–Crippen MR) is 96.9 cm³/mol. The Bertz CT molecular complexity index is 943. The summed E-state index contributed by atoms with van der Waals surface area (Å²) >= 11 is 0. The molecule has 0 spiro atoms. The minimum Gasteiger partial charge on any atom is -0.493 e. The lowest BCUT2D eigenvalue weighted by atomic mass is 9.93. The highest BCUT2D eigenvalue weighted by molar-refractivity contribution is 5.39. The van der Waals surface area contributed by atoms with Crippen LogP contribution in [0, 0.1) is 11.6 Å². The van der Waals surface area contributed by atoms with Crippen molar-refractivity contribution in [3.05, 3.63) is 71.1 Å². The van der Waals surface area contributed by atoms with Crippen molar-refractivity contribution in [2.75, 3.05) is 6.54 Å². The lowest BCUT2D eigenvalue weighted by Crippen LogP contribution is -2.35. The standard InChI is InChI=1S/C20H20F2N4O/c21-14-5-4-13(17(22)11-14)8-10-23-15-6-7-18-16(12-15)20(27)26(25-18)19-3-1-2-9-24-19/h1-5,9,11,15,23,27H,6-8,10,12H2. The first-order valence-electron chi connectivity index (χ1n) is 9.00. The molecule has 1 atom stereocenters. The van der Waals surface area contributed by atoms with Crippen LogP contribution in [0.2, 0.25) is 0 Å². The molecule has 0 saturated carbocycles. The van der Waals surface area contributed by atoms with E-state index in [1.165, 1.54) is 16.8 Å². The van der Waals surface area contributed by atoms with E-state index in [1.54, 1.807) is 12.3 Å². The van der Waals surface area contributed by atoms with Crippen LogP contribution in [0.1, 0.15) is 23.2 Å². The molecule has 1 aliphatic carbocycles. The number of aromatic nitrogens is 3. The second-order valence-corrected chi connectivity index (χ2v) is 6.73. The van der Waals surface area contributed by atoms with E-state index >= 15 is 0 Å². The number of benzene rings is 1. The molecule has 140 valence electrons. The maximum Gasteiger partial charge on any atom is 0.219 e. The number of rotatable bonds is 5. The molecular formula is C20H20F2N4O. The zero-order valence-electron chi connectivity index (χ0n) is 14.7. The molecule has 7 heteroatoms. The molecule has 1 unspecified atom stereocenters. The van der Waals surface area contributed by atoms with Crippen LogP contribution in [0.15, 0.2) is 42.6 Å². The van der Waals surface area contributed by atoms with Crippen molar-refractivity contribution in [2.45, 2.75) is 31.7 Å². The maximum absolute atomic E-state index is 13.7. The molecule has 0 amide bonds. The predicted octanol–water partition coefficient (Wildman–Crippen LogP) is 2.94. The molecule has 4 rings (SSSR count). The van der Waals surface area contributed by atoms with Crippen LogP contribution < -0.4 is 5.32 Å². The van der Waals surface area contributed by atoms with Gasteiger partial charge in [0.1, 0.15) is 11.6 Å². The fourth-order valence-electron chi connectivity index (χ4n) is 3.50. The Morgan fingerprint density at radius 3 is 2.89 bits per heavy atom. The number of aromatic hydroxyl groups is 1. The second-order valence-electron chi connectivity index (χ2n) is 6.73. The van der Waals surface area contributed by atoms with Gasteiger partial charge in [-0.2, -0.15) is 9.78 Å². The van der Waals surface area contributed by atoms with Crippen molar-refractivity contribution in [1.82, 2.24) is 20.1 Å². The third kappa shape index (κ3) is 3.68. The molecule has 0 radical (unpaired) electrons. The van der Waals surface area contributed by atoms with Crippen molar-refractivity contribution < 1.29 is 13.9 Å². The van der Waals surface area contributed by atoms with E-state index in [-0.39, 0.29) is 11.9 Å². The van der Waals surface area contributed by atoms with Crippen LogP contribution in [0.3, 0.4) is 0 Å². The van der Waals surface area contributed by atoms with Crippen LogP contribution in [0.5, 0.6) is 5.88 Å². The third-order valence-electron chi connectivity index (χ3n) is 4.93. The van der Waals surface area contributed by atoms with Crippen LogP contribution in [-0.2, 0) is 19.3 Å². The Labute approximate surface area is 155 Å². The quantitative estimate of drug-likeness (QED) is 0.725. The van der Waals surface area contributed by atoms with Gasteiger partial charge < -0.3 is 10.4 Å². The van der Waals surface area contributed by atoms with Gasteiger partial charge in [0.05, 0.1) is 5.69 Å². The maximum atomic E-state index is 13.7. The summed E-state index contributed by atoms with van der Waals surface area (Å²) in [5.41, 5.74) is 2.21. The molecule has 1 aromatic carbocycles. The summed E-state index contributed by atoms with van der Waals surface area (Å²) in [5, 5.41) is 18.5. The highest BCUT2D eigenvalue weighted by atomic mass is 19.1. The van der Waals surface area contributed by atoms with Gasteiger partial charge in [0.2, 0.25) is 5.88 Å². The van der Waals surface area contributed by atoms with E-state index in [1.807, 2.05) is 12.1 Å². The first kappa shape index (κ1) is 17.6. The minimum absolute atomic E-state index is 0.125. The molecule has 2 aromatic heterocycles. The first-order valence-corrected chi connectivity index (χ1v) is 9.00. The first-order chi connectivity index (χ1) is 13.1. The normalized spacial score (nSPS) is 16.3. The van der Waals surface area contributed by atoms with E-state index in [0.717, 1.165) is 30.2 Å². The van der Waals surface area contributed by atoms with Crippen LogP contribution in [-0.4, -0.2) is 32.5 Å². The number of hydrogen-bond acceptors (Lipinski definition) is 4. The highest BCUT2D eigenvalue weighted by Crippen LogP contribution is 2.30. The largest absolute Gasteiger partial charge is 0.493 e. The van der Waals surface area contributed by atoms with Gasteiger partial charge in [0.15, 0.2) is 5.82 Å². The lowest BCUT2D eigenvalue weighted by Gasteiger charge is -2.22. The van der Waals surface area contributed by atoms with Crippen molar-refractivity contribution in [3.63, 3.8) is 0 Å². The number of halogens is 2. The van der Waals surface area contributed by atoms with Crippen LogP contribution in [0.25, 0.3) is 5.82 Å². The average Bonchev–Trinajstić information content (AvgIpc) is 3.01. The zero-order valence-corrected chi connectivity index (χ0v) is 14.7. The van der Waals surface area contributed by atoms with Gasteiger partial charge in [-0.25, -0.2) is 13.8 Å². The van der Waals surface area contributed by atoms with E-state index < -0.39 is 11.6 Å². The molecule has 3 aromatic rings. The van der Waals surface area contributed by atoms with E-state index in [0.29, 0.717) is 30.8 Å². The van der Waals surface area contributed by atoms with Crippen LogP contribution in [0.4, 0.5) is 8.78 Å². The fourth-order valence-corrected chi connectivity index (χ4v) is 3.50. The molecule has 0 fully saturated rings. The topological polar surface area (TPSA) is 63.0 Å². The Morgan fingerprint density at radius 1 is 1.22 bits per heavy atom. The molecular weight excluding hydrogens is 350 g/mol. The molecule has 1 aliphatic rings. The number of aryl methyl sites for hydroxylation is 1. The van der Waals surface area contributed by atoms with Crippen molar-refractivity contribution >= 4 is 0 Å².